The van der Waals surface area contributed by atoms with Crippen molar-refractivity contribution >= 4 is 17.3 Å². The van der Waals surface area contributed by atoms with Crippen molar-refractivity contribution in [3.05, 3.63) is 59.4 Å². The number of halogens is 1. The lowest BCUT2D eigenvalue weighted by Gasteiger charge is -2.25. The van der Waals surface area contributed by atoms with Gasteiger partial charge in [0.15, 0.2) is 0 Å². The van der Waals surface area contributed by atoms with Gasteiger partial charge in [0.25, 0.3) is 0 Å². The highest BCUT2D eigenvalue weighted by Gasteiger charge is 2.24. The van der Waals surface area contributed by atoms with E-state index >= 15 is 0 Å². The third-order valence-corrected chi connectivity index (χ3v) is 3.82. The van der Waals surface area contributed by atoms with E-state index in [2.05, 4.69) is 10.6 Å². The molecule has 0 fully saturated rings. The molecule has 1 atom stereocenters. The molecule has 0 spiro atoms. The Bertz CT molecular complexity index is 684. The Morgan fingerprint density at radius 3 is 2.90 bits per heavy atom. The molecule has 1 heterocycles. The molecular formula is C17H17FN2O. The number of rotatable bonds is 2. The number of hydrogen-bond donors (Lipinski definition) is 2. The molecule has 0 aromatic heterocycles. The Labute approximate surface area is 123 Å². The fraction of sp³-hybridized carbons (Fsp3) is 0.235. The maximum absolute atomic E-state index is 13.2. The Kier molecular flexibility index (Phi) is 3.60. The molecule has 1 unspecified atom stereocenters. The van der Waals surface area contributed by atoms with E-state index in [-0.39, 0.29) is 17.6 Å². The molecule has 0 bridgehead atoms. The predicted octanol–water partition coefficient (Wildman–Crippen LogP) is 3.36. The van der Waals surface area contributed by atoms with Crippen LogP contribution in [0.25, 0.3) is 0 Å². The lowest BCUT2D eigenvalue weighted by molar-refractivity contribution is -0.119. The van der Waals surface area contributed by atoms with Gasteiger partial charge in [-0.25, -0.2) is 4.39 Å². The second-order valence-corrected chi connectivity index (χ2v) is 5.39. The van der Waals surface area contributed by atoms with Crippen molar-refractivity contribution in [1.29, 1.82) is 0 Å². The second kappa shape index (κ2) is 5.56. The molecule has 2 aromatic carbocycles. The van der Waals surface area contributed by atoms with Crippen molar-refractivity contribution in [2.24, 2.45) is 5.92 Å². The fourth-order valence-electron chi connectivity index (χ4n) is 2.59. The van der Waals surface area contributed by atoms with Gasteiger partial charge in [-0.05, 0) is 48.7 Å². The third-order valence-electron chi connectivity index (χ3n) is 3.82. The predicted molar refractivity (Wildman–Crippen MR) is 81.9 cm³/mol. The Balaban J connectivity index is 1.70. The summed E-state index contributed by atoms with van der Waals surface area (Å²) in [6.07, 6.45) is 0.717. The minimum absolute atomic E-state index is 0.0389. The maximum atomic E-state index is 13.2. The van der Waals surface area contributed by atoms with Gasteiger partial charge in [-0.15, -0.1) is 0 Å². The first-order chi connectivity index (χ1) is 10.1. The molecule has 3 nitrogen and oxygen atoms in total. The van der Waals surface area contributed by atoms with Crippen LogP contribution in [0.3, 0.4) is 0 Å². The molecule has 2 aromatic rings. The van der Waals surface area contributed by atoms with Gasteiger partial charge < -0.3 is 10.6 Å². The molecule has 0 radical (unpaired) electrons. The molecule has 0 saturated heterocycles. The number of benzene rings is 2. The van der Waals surface area contributed by atoms with Gasteiger partial charge in [-0.2, -0.15) is 0 Å². The van der Waals surface area contributed by atoms with Gasteiger partial charge in [0, 0.05) is 17.9 Å². The lowest BCUT2D eigenvalue weighted by Crippen LogP contribution is -2.33. The maximum Gasteiger partial charge on any atom is 0.229 e. The smallest absolute Gasteiger partial charge is 0.229 e. The zero-order valence-corrected chi connectivity index (χ0v) is 11.8. The van der Waals surface area contributed by atoms with Crippen LogP contribution >= 0.6 is 0 Å². The molecular weight excluding hydrogens is 267 g/mol. The van der Waals surface area contributed by atoms with Crippen LogP contribution in [0.4, 0.5) is 15.8 Å². The van der Waals surface area contributed by atoms with Gasteiger partial charge >= 0.3 is 0 Å². The largest absolute Gasteiger partial charge is 0.384 e. The SMILES string of the molecule is Cc1cc(NC(=O)C2CNc3ccccc3C2)ccc1F. The average Bonchev–Trinajstić information content (AvgIpc) is 2.50. The van der Waals surface area contributed by atoms with Crippen LogP contribution in [-0.4, -0.2) is 12.5 Å². The first-order valence-electron chi connectivity index (χ1n) is 7.02. The van der Waals surface area contributed by atoms with Crippen molar-refractivity contribution in [3.8, 4) is 0 Å². The van der Waals surface area contributed by atoms with Crippen molar-refractivity contribution in [1.82, 2.24) is 0 Å². The monoisotopic (exact) mass is 284 g/mol. The van der Waals surface area contributed by atoms with Crippen LogP contribution in [0.2, 0.25) is 0 Å². The molecule has 4 heteroatoms. The Morgan fingerprint density at radius 1 is 1.29 bits per heavy atom. The van der Waals surface area contributed by atoms with Crippen molar-refractivity contribution < 1.29 is 9.18 Å². The molecule has 0 saturated carbocycles. The van der Waals surface area contributed by atoms with E-state index < -0.39 is 0 Å². The number of para-hydroxylation sites is 1. The van der Waals surface area contributed by atoms with E-state index in [4.69, 9.17) is 0 Å². The lowest BCUT2D eigenvalue weighted by atomic mass is 9.93. The summed E-state index contributed by atoms with van der Waals surface area (Å²) in [5.74, 6) is -0.422. The number of anilines is 2. The van der Waals surface area contributed by atoms with E-state index in [1.807, 2.05) is 24.3 Å². The quantitative estimate of drug-likeness (QED) is 0.888. The van der Waals surface area contributed by atoms with Crippen LogP contribution in [0.5, 0.6) is 0 Å². The van der Waals surface area contributed by atoms with Crippen molar-refractivity contribution in [3.63, 3.8) is 0 Å². The third kappa shape index (κ3) is 2.89. The standard InChI is InChI=1S/C17H17FN2O/c1-11-8-14(6-7-15(11)18)20-17(21)13-9-12-4-2-3-5-16(12)19-10-13/h2-8,13,19H,9-10H2,1H3,(H,20,21). The van der Waals surface area contributed by atoms with E-state index in [0.717, 1.165) is 17.7 Å². The molecule has 1 aliphatic rings. The van der Waals surface area contributed by atoms with Crippen molar-refractivity contribution in [2.75, 3.05) is 17.2 Å². The number of amides is 1. The first kappa shape index (κ1) is 13.6. The summed E-state index contributed by atoms with van der Waals surface area (Å²) in [6, 6.07) is 12.6. The molecule has 0 aliphatic carbocycles. The summed E-state index contributed by atoms with van der Waals surface area (Å²) in [6.45, 7) is 2.30. The second-order valence-electron chi connectivity index (χ2n) is 5.39. The summed E-state index contributed by atoms with van der Waals surface area (Å²) in [7, 11) is 0. The highest BCUT2D eigenvalue weighted by Crippen LogP contribution is 2.25. The van der Waals surface area contributed by atoms with Crippen LogP contribution in [0.1, 0.15) is 11.1 Å². The highest BCUT2D eigenvalue weighted by molar-refractivity contribution is 5.93. The van der Waals surface area contributed by atoms with Crippen LogP contribution in [0.15, 0.2) is 42.5 Å². The molecule has 21 heavy (non-hydrogen) atoms. The van der Waals surface area contributed by atoms with Gasteiger partial charge in [0.2, 0.25) is 5.91 Å². The van der Waals surface area contributed by atoms with Gasteiger partial charge in [0.1, 0.15) is 5.82 Å². The van der Waals surface area contributed by atoms with Crippen LogP contribution < -0.4 is 10.6 Å². The first-order valence-corrected chi connectivity index (χ1v) is 7.02. The van der Waals surface area contributed by atoms with Gasteiger partial charge in [-0.1, -0.05) is 18.2 Å². The molecule has 1 amide bonds. The molecule has 2 N–H and O–H groups in total. The van der Waals surface area contributed by atoms with Crippen LogP contribution in [-0.2, 0) is 11.2 Å². The minimum Gasteiger partial charge on any atom is -0.384 e. The zero-order chi connectivity index (χ0) is 14.8. The van der Waals surface area contributed by atoms with E-state index in [1.54, 1.807) is 19.1 Å². The van der Waals surface area contributed by atoms with Gasteiger partial charge in [0.05, 0.1) is 5.92 Å². The van der Waals surface area contributed by atoms with Gasteiger partial charge in [-0.3, -0.25) is 4.79 Å². The summed E-state index contributed by atoms with van der Waals surface area (Å²) < 4.78 is 13.2. The summed E-state index contributed by atoms with van der Waals surface area (Å²) >= 11 is 0. The minimum atomic E-state index is -0.263. The molecule has 3 rings (SSSR count). The number of hydrogen-bond acceptors (Lipinski definition) is 2. The summed E-state index contributed by atoms with van der Waals surface area (Å²) in [5, 5.41) is 6.14. The summed E-state index contributed by atoms with van der Waals surface area (Å²) in [4.78, 5) is 12.3. The van der Waals surface area contributed by atoms with Crippen LogP contribution in [0, 0.1) is 18.7 Å². The zero-order valence-electron chi connectivity index (χ0n) is 11.8. The molecule has 108 valence electrons. The number of aryl methyl sites for hydroxylation is 1. The average molecular weight is 284 g/mol. The van der Waals surface area contributed by atoms with Crippen molar-refractivity contribution in [2.45, 2.75) is 13.3 Å². The molecule has 1 aliphatic heterocycles. The number of carbonyl (C=O) groups is 1. The Hall–Kier alpha value is -2.36. The Morgan fingerprint density at radius 2 is 2.10 bits per heavy atom. The topological polar surface area (TPSA) is 41.1 Å². The normalized spacial score (nSPS) is 16.8. The van der Waals surface area contributed by atoms with E-state index in [9.17, 15) is 9.18 Å². The highest BCUT2D eigenvalue weighted by atomic mass is 19.1. The van der Waals surface area contributed by atoms with E-state index in [1.165, 1.54) is 6.07 Å². The number of carbonyl (C=O) groups excluding carboxylic acids is 1. The summed E-state index contributed by atoms with van der Waals surface area (Å²) in [5.41, 5.74) is 3.41. The fourth-order valence-corrected chi connectivity index (χ4v) is 2.59. The number of fused-ring (bicyclic) bond motifs is 1. The number of nitrogens with one attached hydrogen (secondary N) is 2. The van der Waals surface area contributed by atoms with E-state index in [0.29, 0.717) is 17.8 Å².